The Morgan fingerprint density at radius 2 is 2.04 bits per heavy atom. The minimum absolute atomic E-state index is 0.106. The van der Waals surface area contributed by atoms with Gasteiger partial charge in [0.15, 0.2) is 0 Å². The van der Waals surface area contributed by atoms with Crippen LogP contribution in [0, 0.1) is 5.41 Å². The number of hydroxylamine groups is 1. The van der Waals surface area contributed by atoms with Gasteiger partial charge in [-0.25, -0.2) is 5.48 Å². The quantitative estimate of drug-likeness (QED) is 0.636. The van der Waals surface area contributed by atoms with Crippen LogP contribution in [0.25, 0.3) is 0 Å². The normalized spacial score (nSPS) is 22.0. The molecule has 1 fully saturated rings. The van der Waals surface area contributed by atoms with E-state index in [2.05, 4.69) is 0 Å². The molecule has 0 spiro atoms. The Balaban J connectivity index is 1.92. The Bertz CT molecular complexity index is 685. The van der Waals surface area contributed by atoms with E-state index in [1.165, 1.54) is 0 Å². The maximum atomic E-state index is 13.3. The zero-order chi connectivity index (χ0) is 18.7. The number of amides is 2. The molecule has 1 atom stereocenters. The SMILES string of the molecule is CCC1c2ccc(C(=O)NO)cc2OCCN1C(=O)C1(C)CCOCC1. The van der Waals surface area contributed by atoms with Crippen molar-refractivity contribution in [3.63, 3.8) is 0 Å². The molecule has 2 N–H and O–H groups in total. The summed E-state index contributed by atoms with van der Waals surface area (Å²) in [6, 6.07) is 4.96. The number of hydrogen-bond acceptors (Lipinski definition) is 5. The molecule has 1 unspecified atom stereocenters. The summed E-state index contributed by atoms with van der Waals surface area (Å²) in [5, 5.41) is 8.83. The second-order valence-electron chi connectivity index (χ2n) is 7.14. The van der Waals surface area contributed by atoms with E-state index in [0.717, 1.165) is 24.8 Å². The summed E-state index contributed by atoms with van der Waals surface area (Å²) in [6.07, 6.45) is 2.20. The predicted octanol–water partition coefficient (Wildman–Crippen LogP) is 2.29. The third-order valence-corrected chi connectivity index (χ3v) is 5.46. The van der Waals surface area contributed by atoms with Crippen LogP contribution in [0.1, 0.15) is 55.1 Å². The van der Waals surface area contributed by atoms with Crippen LogP contribution < -0.4 is 10.2 Å². The van der Waals surface area contributed by atoms with Crippen molar-refractivity contribution in [2.75, 3.05) is 26.4 Å². The zero-order valence-corrected chi connectivity index (χ0v) is 15.3. The minimum atomic E-state index is -0.587. The van der Waals surface area contributed by atoms with Crippen LogP contribution in [-0.4, -0.2) is 48.3 Å². The van der Waals surface area contributed by atoms with Crippen molar-refractivity contribution in [1.82, 2.24) is 10.4 Å². The number of nitrogens with one attached hydrogen (secondary N) is 1. The van der Waals surface area contributed by atoms with Crippen molar-refractivity contribution in [2.24, 2.45) is 5.41 Å². The largest absolute Gasteiger partial charge is 0.491 e. The van der Waals surface area contributed by atoms with Gasteiger partial charge < -0.3 is 14.4 Å². The van der Waals surface area contributed by atoms with Crippen LogP contribution in [0.2, 0.25) is 0 Å². The number of carbonyl (C=O) groups is 2. The molecule has 7 nitrogen and oxygen atoms in total. The molecule has 26 heavy (non-hydrogen) atoms. The highest BCUT2D eigenvalue weighted by molar-refractivity contribution is 5.94. The molecule has 0 radical (unpaired) electrons. The minimum Gasteiger partial charge on any atom is -0.491 e. The Kier molecular flexibility index (Phi) is 5.48. The van der Waals surface area contributed by atoms with E-state index in [1.807, 2.05) is 24.8 Å². The van der Waals surface area contributed by atoms with Crippen molar-refractivity contribution >= 4 is 11.8 Å². The molecule has 2 heterocycles. The fourth-order valence-corrected chi connectivity index (χ4v) is 3.78. The molecular weight excluding hydrogens is 336 g/mol. The lowest BCUT2D eigenvalue weighted by molar-refractivity contribution is -0.149. The summed E-state index contributed by atoms with van der Waals surface area (Å²) in [5.74, 6) is 0.142. The summed E-state index contributed by atoms with van der Waals surface area (Å²) < 4.78 is 11.3. The lowest BCUT2D eigenvalue weighted by Crippen LogP contribution is -2.47. The number of hydrogen-bond donors (Lipinski definition) is 2. The lowest BCUT2D eigenvalue weighted by Gasteiger charge is -2.39. The van der Waals surface area contributed by atoms with Crippen LogP contribution in [0.5, 0.6) is 5.75 Å². The Labute approximate surface area is 153 Å². The highest BCUT2D eigenvalue weighted by atomic mass is 16.5. The summed E-state index contributed by atoms with van der Waals surface area (Å²) in [5.41, 5.74) is 2.43. The maximum Gasteiger partial charge on any atom is 0.274 e. The number of rotatable bonds is 3. The predicted molar refractivity (Wildman–Crippen MR) is 94.1 cm³/mol. The van der Waals surface area contributed by atoms with E-state index in [9.17, 15) is 9.59 Å². The van der Waals surface area contributed by atoms with Crippen LogP contribution >= 0.6 is 0 Å². The molecule has 0 aliphatic carbocycles. The van der Waals surface area contributed by atoms with Gasteiger partial charge >= 0.3 is 0 Å². The monoisotopic (exact) mass is 362 g/mol. The molecular formula is C19H26N2O5. The first-order valence-electron chi connectivity index (χ1n) is 9.10. The Hall–Kier alpha value is -2.12. The summed E-state index contributed by atoms with van der Waals surface area (Å²) >= 11 is 0. The molecule has 2 amide bonds. The van der Waals surface area contributed by atoms with Crippen molar-refractivity contribution in [1.29, 1.82) is 0 Å². The van der Waals surface area contributed by atoms with Gasteiger partial charge in [0.2, 0.25) is 5.91 Å². The molecule has 3 rings (SSSR count). The number of ether oxygens (including phenoxy) is 2. The first-order valence-corrected chi connectivity index (χ1v) is 9.10. The van der Waals surface area contributed by atoms with Crippen molar-refractivity contribution in [3.8, 4) is 5.75 Å². The number of carbonyl (C=O) groups excluding carboxylic acids is 2. The van der Waals surface area contributed by atoms with Gasteiger partial charge in [-0.15, -0.1) is 0 Å². The third kappa shape index (κ3) is 3.41. The zero-order valence-electron chi connectivity index (χ0n) is 15.3. The standard InChI is InChI=1S/C19H26N2O5/c1-3-15-14-5-4-13(17(22)20-24)12-16(14)26-11-8-21(15)18(23)19(2)6-9-25-10-7-19/h4-5,12,15,24H,3,6-11H2,1-2H3,(H,20,22). The highest BCUT2D eigenvalue weighted by Gasteiger charge is 2.41. The molecule has 7 heteroatoms. The van der Waals surface area contributed by atoms with Crippen LogP contribution in [0.4, 0.5) is 0 Å². The Morgan fingerprint density at radius 1 is 1.31 bits per heavy atom. The highest BCUT2D eigenvalue weighted by Crippen LogP contribution is 2.39. The summed E-state index contributed by atoms with van der Waals surface area (Å²) in [6.45, 7) is 6.15. The Morgan fingerprint density at radius 3 is 2.69 bits per heavy atom. The van der Waals surface area contributed by atoms with Gasteiger partial charge in [0, 0.05) is 24.3 Å². The van der Waals surface area contributed by atoms with Gasteiger partial charge in [-0.2, -0.15) is 0 Å². The fraction of sp³-hybridized carbons (Fsp3) is 0.579. The van der Waals surface area contributed by atoms with Crippen molar-refractivity contribution in [3.05, 3.63) is 29.3 Å². The molecule has 0 aromatic heterocycles. The van der Waals surface area contributed by atoms with E-state index >= 15 is 0 Å². The molecule has 1 aromatic carbocycles. The first-order chi connectivity index (χ1) is 12.5. The molecule has 0 bridgehead atoms. The maximum absolute atomic E-state index is 13.3. The molecule has 1 aromatic rings. The average Bonchev–Trinajstić information content (AvgIpc) is 2.85. The average molecular weight is 362 g/mol. The number of nitrogens with zero attached hydrogens (tertiary/aromatic N) is 1. The van der Waals surface area contributed by atoms with Crippen molar-refractivity contribution in [2.45, 2.75) is 39.2 Å². The number of benzene rings is 1. The molecule has 2 aliphatic heterocycles. The van der Waals surface area contributed by atoms with E-state index in [-0.39, 0.29) is 11.9 Å². The lowest BCUT2D eigenvalue weighted by atomic mass is 9.80. The second-order valence-corrected chi connectivity index (χ2v) is 7.14. The van der Waals surface area contributed by atoms with Gasteiger partial charge in [0.05, 0.1) is 18.0 Å². The molecule has 0 saturated carbocycles. The fourth-order valence-electron chi connectivity index (χ4n) is 3.78. The molecule has 142 valence electrons. The topological polar surface area (TPSA) is 88.1 Å². The van der Waals surface area contributed by atoms with Gasteiger partial charge in [0.25, 0.3) is 5.91 Å². The van der Waals surface area contributed by atoms with Gasteiger partial charge in [-0.3, -0.25) is 14.8 Å². The second kappa shape index (κ2) is 7.63. The van der Waals surface area contributed by atoms with Gasteiger partial charge in [-0.1, -0.05) is 19.9 Å². The molecule has 1 saturated heterocycles. The first kappa shape index (κ1) is 18.7. The van der Waals surface area contributed by atoms with E-state index < -0.39 is 11.3 Å². The summed E-state index contributed by atoms with van der Waals surface area (Å²) in [4.78, 5) is 26.9. The third-order valence-electron chi connectivity index (χ3n) is 5.46. The number of fused-ring (bicyclic) bond motifs is 1. The van der Waals surface area contributed by atoms with E-state index in [4.69, 9.17) is 14.7 Å². The molecule has 2 aliphatic rings. The van der Waals surface area contributed by atoms with E-state index in [0.29, 0.717) is 37.7 Å². The summed E-state index contributed by atoms with van der Waals surface area (Å²) in [7, 11) is 0. The van der Waals surface area contributed by atoms with E-state index in [1.54, 1.807) is 17.6 Å². The van der Waals surface area contributed by atoms with Crippen molar-refractivity contribution < 1.29 is 24.3 Å². The van der Waals surface area contributed by atoms with Crippen LogP contribution in [0.15, 0.2) is 18.2 Å². The van der Waals surface area contributed by atoms with Gasteiger partial charge in [-0.05, 0) is 31.4 Å². The van der Waals surface area contributed by atoms with Crippen LogP contribution in [0.3, 0.4) is 0 Å². The van der Waals surface area contributed by atoms with Crippen LogP contribution in [-0.2, 0) is 9.53 Å². The van der Waals surface area contributed by atoms with Gasteiger partial charge in [0.1, 0.15) is 12.4 Å². The smallest absolute Gasteiger partial charge is 0.274 e.